The van der Waals surface area contributed by atoms with Crippen LogP contribution in [0.2, 0.25) is 0 Å². The van der Waals surface area contributed by atoms with E-state index in [0.29, 0.717) is 43.1 Å². The molecule has 0 aliphatic carbocycles. The number of aromatic amines is 1. The lowest BCUT2D eigenvalue weighted by atomic mass is 10.1. The Morgan fingerprint density at radius 2 is 2.00 bits per heavy atom. The smallest absolute Gasteiger partial charge is 0.253 e. The molecule has 0 bridgehead atoms. The van der Waals surface area contributed by atoms with E-state index >= 15 is 0 Å². The molecule has 0 unspecified atom stereocenters. The van der Waals surface area contributed by atoms with Gasteiger partial charge in [0.15, 0.2) is 0 Å². The van der Waals surface area contributed by atoms with E-state index in [0.717, 1.165) is 10.9 Å². The first-order valence-corrected chi connectivity index (χ1v) is 11.9. The Balaban J connectivity index is 1.33. The number of rotatable bonds is 6. The maximum absolute atomic E-state index is 12.8. The van der Waals surface area contributed by atoms with Gasteiger partial charge in [0.1, 0.15) is 6.10 Å². The molecule has 1 fully saturated rings. The molecule has 8 nitrogen and oxygen atoms in total. The van der Waals surface area contributed by atoms with Crippen LogP contribution in [0.1, 0.15) is 30.1 Å². The number of carbonyl (C=O) groups excluding carboxylic acids is 1. The topological polar surface area (TPSA) is 95.6 Å². The number of sulfonamides is 1. The fourth-order valence-electron chi connectivity index (χ4n) is 3.70. The molecule has 0 atom stereocenters. The van der Waals surface area contributed by atoms with Crippen LogP contribution in [0.4, 0.5) is 5.69 Å². The number of likely N-dealkylation sites (tertiary alicyclic amines) is 1. The Hall–Kier alpha value is -3.07. The molecule has 2 aromatic heterocycles. The standard InChI is InChI=1S/C22H26N4O4S/c1-3-31(28,29)25(2)18-5-7-21(24-15-18)30-19-9-12-26(13-10-19)22(27)17-4-6-20-16(14-17)8-11-23-20/h4-8,11,14-15,19,23H,3,9-10,12-13H2,1-2H3. The van der Waals surface area contributed by atoms with Crippen molar-refractivity contribution in [2.24, 2.45) is 0 Å². The second-order valence-corrected chi connectivity index (χ2v) is 9.90. The third kappa shape index (κ3) is 4.51. The summed E-state index contributed by atoms with van der Waals surface area (Å²) in [6, 6.07) is 11.0. The van der Waals surface area contributed by atoms with Crippen molar-refractivity contribution >= 4 is 32.5 Å². The van der Waals surface area contributed by atoms with E-state index in [-0.39, 0.29) is 17.8 Å². The Morgan fingerprint density at radius 1 is 1.23 bits per heavy atom. The summed E-state index contributed by atoms with van der Waals surface area (Å²) in [5.41, 5.74) is 2.20. The molecule has 1 amide bonds. The molecule has 3 heterocycles. The first kappa shape index (κ1) is 21.2. The molecule has 1 aromatic carbocycles. The number of hydrogen-bond acceptors (Lipinski definition) is 5. The summed E-state index contributed by atoms with van der Waals surface area (Å²) >= 11 is 0. The minimum Gasteiger partial charge on any atom is -0.474 e. The van der Waals surface area contributed by atoms with Crippen molar-refractivity contribution in [3.8, 4) is 5.88 Å². The first-order valence-electron chi connectivity index (χ1n) is 10.3. The second-order valence-electron chi connectivity index (χ2n) is 7.61. The van der Waals surface area contributed by atoms with Gasteiger partial charge in [-0.1, -0.05) is 0 Å². The van der Waals surface area contributed by atoms with Crippen LogP contribution < -0.4 is 9.04 Å². The largest absolute Gasteiger partial charge is 0.474 e. The number of nitrogens with one attached hydrogen (secondary N) is 1. The fourth-order valence-corrected chi connectivity index (χ4v) is 4.52. The van der Waals surface area contributed by atoms with E-state index in [9.17, 15) is 13.2 Å². The van der Waals surface area contributed by atoms with E-state index < -0.39 is 10.0 Å². The van der Waals surface area contributed by atoms with Crippen molar-refractivity contribution in [2.75, 3.05) is 30.2 Å². The minimum atomic E-state index is -3.32. The highest BCUT2D eigenvalue weighted by molar-refractivity contribution is 7.92. The molecule has 0 saturated carbocycles. The average Bonchev–Trinajstić information content (AvgIpc) is 3.27. The number of nitrogens with zero attached hydrogens (tertiary/aromatic N) is 3. The fraction of sp³-hybridized carbons (Fsp3) is 0.364. The molecule has 1 aliphatic rings. The van der Waals surface area contributed by atoms with Crippen LogP contribution in [0.15, 0.2) is 48.8 Å². The van der Waals surface area contributed by atoms with Gasteiger partial charge >= 0.3 is 0 Å². The Labute approximate surface area is 181 Å². The van der Waals surface area contributed by atoms with Crippen LogP contribution in [0, 0.1) is 0 Å². The average molecular weight is 443 g/mol. The number of ether oxygens (including phenoxy) is 1. The maximum atomic E-state index is 12.8. The predicted molar refractivity (Wildman–Crippen MR) is 120 cm³/mol. The van der Waals surface area contributed by atoms with Crippen molar-refractivity contribution in [2.45, 2.75) is 25.9 Å². The predicted octanol–water partition coefficient (Wildman–Crippen LogP) is 3.03. The summed E-state index contributed by atoms with van der Waals surface area (Å²) in [4.78, 5) is 22.1. The van der Waals surface area contributed by atoms with Gasteiger partial charge in [-0.2, -0.15) is 0 Å². The molecule has 1 N–H and O–H groups in total. The number of benzene rings is 1. The van der Waals surface area contributed by atoms with Crippen LogP contribution in [-0.4, -0.2) is 61.2 Å². The van der Waals surface area contributed by atoms with E-state index in [1.54, 1.807) is 19.1 Å². The number of anilines is 1. The van der Waals surface area contributed by atoms with E-state index in [2.05, 4.69) is 9.97 Å². The molecule has 3 aromatic rings. The van der Waals surface area contributed by atoms with Gasteiger partial charge in [-0.05, 0) is 37.3 Å². The van der Waals surface area contributed by atoms with Gasteiger partial charge in [-0.25, -0.2) is 13.4 Å². The lowest BCUT2D eigenvalue weighted by Crippen LogP contribution is -2.41. The molecule has 4 rings (SSSR count). The monoisotopic (exact) mass is 442 g/mol. The number of carbonyl (C=O) groups is 1. The molecule has 0 radical (unpaired) electrons. The van der Waals surface area contributed by atoms with Crippen molar-refractivity contribution in [1.29, 1.82) is 0 Å². The molecule has 9 heteroatoms. The van der Waals surface area contributed by atoms with Crippen LogP contribution in [0.3, 0.4) is 0 Å². The summed E-state index contributed by atoms with van der Waals surface area (Å²) in [5, 5.41) is 1.02. The maximum Gasteiger partial charge on any atom is 0.253 e. The zero-order valence-electron chi connectivity index (χ0n) is 17.6. The summed E-state index contributed by atoms with van der Waals surface area (Å²) in [5.74, 6) is 0.510. The lowest BCUT2D eigenvalue weighted by Gasteiger charge is -2.32. The Kier molecular flexibility index (Phi) is 5.86. The van der Waals surface area contributed by atoms with E-state index in [4.69, 9.17) is 4.74 Å². The van der Waals surface area contributed by atoms with Crippen LogP contribution in [-0.2, 0) is 10.0 Å². The van der Waals surface area contributed by atoms with Gasteiger partial charge in [-0.15, -0.1) is 0 Å². The van der Waals surface area contributed by atoms with Crippen molar-refractivity contribution in [3.63, 3.8) is 0 Å². The van der Waals surface area contributed by atoms with E-state index in [1.165, 1.54) is 17.5 Å². The highest BCUT2D eigenvalue weighted by Crippen LogP contribution is 2.23. The third-order valence-electron chi connectivity index (χ3n) is 5.68. The normalized spacial score (nSPS) is 15.2. The van der Waals surface area contributed by atoms with Gasteiger partial charge in [0.25, 0.3) is 5.91 Å². The number of amides is 1. The molecular weight excluding hydrogens is 416 g/mol. The van der Waals surface area contributed by atoms with Crippen molar-refractivity contribution in [3.05, 3.63) is 54.4 Å². The number of piperidine rings is 1. The first-order chi connectivity index (χ1) is 14.9. The van der Waals surface area contributed by atoms with Gasteiger partial charge in [-0.3, -0.25) is 9.10 Å². The Morgan fingerprint density at radius 3 is 2.68 bits per heavy atom. The van der Waals surface area contributed by atoms with Gasteiger partial charge in [0.05, 0.1) is 17.6 Å². The summed E-state index contributed by atoms with van der Waals surface area (Å²) < 4.78 is 31.1. The highest BCUT2D eigenvalue weighted by Gasteiger charge is 2.25. The summed E-state index contributed by atoms with van der Waals surface area (Å²) in [7, 11) is -1.81. The molecular formula is C22H26N4O4S. The molecule has 164 valence electrons. The molecule has 0 spiro atoms. The SMILES string of the molecule is CCS(=O)(=O)N(C)c1ccc(OC2CCN(C(=O)c3ccc4[nH]ccc4c3)CC2)nc1. The van der Waals surface area contributed by atoms with Gasteiger partial charge in [0, 0.05) is 61.7 Å². The molecule has 1 aliphatic heterocycles. The third-order valence-corrected chi connectivity index (χ3v) is 7.46. The van der Waals surface area contributed by atoms with Crippen LogP contribution in [0.25, 0.3) is 10.9 Å². The summed E-state index contributed by atoms with van der Waals surface area (Å²) in [6.45, 7) is 2.83. The quantitative estimate of drug-likeness (QED) is 0.633. The lowest BCUT2D eigenvalue weighted by molar-refractivity contribution is 0.0588. The highest BCUT2D eigenvalue weighted by atomic mass is 32.2. The van der Waals surface area contributed by atoms with E-state index in [1.807, 2.05) is 35.4 Å². The van der Waals surface area contributed by atoms with Crippen LogP contribution in [0.5, 0.6) is 5.88 Å². The minimum absolute atomic E-state index is 0.0259. The van der Waals surface area contributed by atoms with Crippen molar-refractivity contribution < 1.29 is 17.9 Å². The Bertz CT molecular complexity index is 1170. The van der Waals surface area contributed by atoms with Gasteiger partial charge in [0.2, 0.25) is 15.9 Å². The number of pyridine rings is 1. The molecule has 31 heavy (non-hydrogen) atoms. The summed E-state index contributed by atoms with van der Waals surface area (Å²) in [6.07, 6.45) is 4.75. The number of hydrogen-bond donors (Lipinski definition) is 1. The number of H-pyrrole nitrogens is 1. The number of aromatic nitrogens is 2. The second kappa shape index (κ2) is 8.58. The van der Waals surface area contributed by atoms with Gasteiger partial charge < -0.3 is 14.6 Å². The zero-order valence-corrected chi connectivity index (χ0v) is 18.4. The van der Waals surface area contributed by atoms with Crippen LogP contribution >= 0.6 is 0 Å². The zero-order chi connectivity index (χ0) is 22.0. The number of fused-ring (bicyclic) bond motifs is 1. The van der Waals surface area contributed by atoms with Crippen molar-refractivity contribution in [1.82, 2.24) is 14.9 Å². The molecule has 1 saturated heterocycles.